The standard InChI is InChI=1S/C13H18ClNO2/c1-5-15(12(16)17-13(2,3)4)11-8-6-10(14)7-9-11/h6-9H,5H2,1-4H3. The largest absolute Gasteiger partial charge is 0.443 e. The van der Waals surface area contributed by atoms with Gasteiger partial charge in [0.05, 0.1) is 0 Å². The number of amides is 1. The maximum atomic E-state index is 11.9. The summed E-state index contributed by atoms with van der Waals surface area (Å²) in [5, 5.41) is 0.647. The van der Waals surface area contributed by atoms with Gasteiger partial charge in [-0.2, -0.15) is 0 Å². The van der Waals surface area contributed by atoms with Gasteiger partial charge in [0.2, 0.25) is 0 Å². The highest BCUT2D eigenvalue weighted by Crippen LogP contribution is 2.20. The molecule has 1 aromatic carbocycles. The molecule has 0 aliphatic rings. The Balaban J connectivity index is 2.84. The Kier molecular flexibility index (Phi) is 4.40. The van der Waals surface area contributed by atoms with Crippen LogP contribution in [0.1, 0.15) is 27.7 Å². The van der Waals surface area contributed by atoms with Gasteiger partial charge in [0.15, 0.2) is 0 Å². The maximum Gasteiger partial charge on any atom is 0.414 e. The summed E-state index contributed by atoms with van der Waals surface area (Å²) in [4.78, 5) is 13.5. The van der Waals surface area contributed by atoms with Crippen molar-refractivity contribution in [2.24, 2.45) is 0 Å². The third-order valence-electron chi connectivity index (χ3n) is 2.07. The molecule has 0 aromatic heterocycles. The molecule has 0 saturated heterocycles. The number of ether oxygens (including phenoxy) is 1. The number of anilines is 1. The van der Waals surface area contributed by atoms with Gasteiger partial charge in [-0.15, -0.1) is 0 Å². The molecule has 0 aliphatic carbocycles. The normalized spacial score (nSPS) is 11.1. The minimum absolute atomic E-state index is 0.345. The van der Waals surface area contributed by atoms with Crippen LogP contribution in [0.4, 0.5) is 10.5 Å². The first kappa shape index (κ1) is 13.8. The SMILES string of the molecule is CCN(C(=O)OC(C)(C)C)c1ccc(Cl)cc1. The molecule has 1 amide bonds. The molecule has 0 bridgehead atoms. The van der Waals surface area contributed by atoms with Gasteiger partial charge in [-0.25, -0.2) is 4.79 Å². The van der Waals surface area contributed by atoms with Crippen molar-refractivity contribution in [1.29, 1.82) is 0 Å². The quantitative estimate of drug-likeness (QED) is 0.796. The average Bonchev–Trinajstić information content (AvgIpc) is 2.19. The molecule has 0 radical (unpaired) electrons. The van der Waals surface area contributed by atoms with Crippen LogP contribution in [0.2, 0.25) is 5.02 Å². The van der Waals surface area contributed by atoms with Crippen LogP contribution >= 0.6 is 11.6 Å². The van der Waals surface area contributed by atoms with Gasteiger partial charge in [0, 0.05) is 17.3 Å². The summed E-state index contributed by atoms with van der Waals surface area (Å²) in [6.07, 6.45) is -0.345. The van der Waals surface area contributed by atoms with E-state index in [1.807, 2.05) is 27.7 Å². The lowest BCUT2D eigenvalue weighted by atomic mass is 10.2. The monoisotopic (exact) mass is 255 g/mol. The molecule has 0 saturated carbocycles. The molecular weight excluding hydrogens is 238 g/mol. The van der Waals surface area contributed by atoms with Crippen LogP contribution in [0.15, 0.2) is 24.3 Å². The highest BCUT2D eigenvalue weighted by molar-refractivity contribution is 6.30. The Morgan fingerprint density at radius 1 is 1.29 bits per heavy atom. The molecule has 94 valence electrons. The predicted molar refractivity (Wildman–Crippen MR) is 70.7 cm³/mol. The van der Waals surface area contributed by atoms with Crippen LogP contribution in [-0.2, 0) is 4.74 Å². The molecule has 0 spiro atoms. The Labute approximate surface area is 107 Å². The lowest BCUT2D eigenvalue weighted by Crippen LogP contribution is -2.36. The first-order valence-electron chi connectivity index (χ1n) is 5.59. The number of hydrogen-bond acceptors (Lipinski definition) is 2. The van der Waals surface area contributed by atoms with E-state index >= 15 is 0 Å². The number of carbonyl (C=O) groups excluding carboxylic acids is 1. The molecular formula is C13H18ClNO2. The van der Waals surface area contributed by atoms with E-state index in [0.29, 0.717) is 11.6 Å². The van der Waals surface area contributed by atoms with E-state index in [1.54, 1.807) is 29.2 Å². The van der Waals surface area contributed by atoms with Crippen molar-refractivity contribution >= 4 is 23.4 Å². The maximum absolute atomic E-state index is 11.9. The topological polar surface area (TPSA) is 29.5 Å². The van der Waals surface area contributed by atoms with Crippen molar-refractivity contribution < 1.29 is 9.53 Å². The zero-order chi connectivity index (χ0) is 13.1. The second-order valence-corrected chi connectivity index (χ2v) is 5.14. The summed E-state index contributed by atoms with van der Waals surface area (Å²) < 4.78 is 5.33. The van der Waals surface area contributed by atoms with Crippen molar-refractivity contribution in [1.82, 2.24) is 0 Å². The fourth-order valence-corrected chi connectivity index (χ4v) is 1.48. The van der Waals surface area contributed by atoms with Crippen molar-refractivity contribution in [3.05, 3.63) is 29.3 Å². The fourth-order valence-electron chi connectivity index (χ4n) is 1.36. The molecule has 0 aliphatic heterocycles. The zero-order valence-corrected chi connectivity index (χ0v) is 11.4. The van der Waals surface area contributed by atoms with Gasteiger partial charge < -0.3 is 4.74 Å². The lowest BCUT2D eigenvalue weighted by Gasteiger charge is -2.26. The third kappa shape index (κ3) is 4.27. The first-order valence-corrected chi connectivity index (χ1v) is 5.97. The number of halogens is 1. The molecule has 0 atom stereocenters. The van der Waals surface area contributed by atoms with E-state index in [2.05, 4.69) is 0 Å². The predicted octanol–water partition coefficient (Wildman–Crippen LogP) is 4.10. The Hall–Kier alpha value is -1.22. The number of rotatable bonds is 2. The number of benzene rings is 1. The van der Waals surface area contributed by atoms with Crippen molar-refractivity contribution in [3.63, 3.8) is 0 Å². The molecule has 0 unspecified atom stereocenters. The summed E-state index contributed by atoms with van der Waals surface area (Å²) >= 11 is 5.81. The number of carbonyl (C=O) groups is 1. The molecule has 3 nitrogen and oxygen atoms in total. The second kappa shape index (κ2) is 5.41. The van der Waals surface area contributed by atoms with Crippen LogP contribution in [0, 0.1) is 0 Å². The highest BCUT2D eigenvalue weighted by Gasteiger charge is 2.21. The third-order valence-corrected chi connectivity index (χ3v) is 2.32. The average molecular weight is 256 g/mol. The van der Waals surface area contributed by atoms with Gasteiger partial charge in [0.1, 0.15) is 5.60 Å². The van der Waals surface area contributed by atoms with E-state index in [-0.39, 0.29) is 6.09 Å². The molecule has 0 fully saturated rings. The Morgan fingerprint density at radius 2 is 1.82 bits per heavy atom. The lowest BCUT2D eigenvalue weighted by molar-refractivity contribution is 0.0582. The first-order chi connectivity index (χ1) is 7.83. The molecule has 17 heavy (non-hydrogen) atoms. The van der Waals surface area contributed by atoms with Crippen LogP contribution in [0.5, 0.6) is 0 Å². The van der Waals surface area contributed by atoms with E-state index in [0.717, 1.165) is 5.69 Å². The Morgan fingerprint density at radius 3 is 2.24 bits per heavy atom. The van der Waals surface area contributed by atoms with Gasteiger partial charge in [-0.3, -0.25) is 4.90 Å². The van der Waals surface area contributed by atoms with Gasteiger partial charge in [0.25, 0.3) is 0 Å². The summed E-state index contributed by atoms with van der Waals surface area (Å²) in [6, 6.07) is 7.11. The smallest absolute Gasteiger partial charge is 0.414 e. The fraction of sp³-hybridized carbons (Fsp3) is 0.462. The van der Waals surface area contributed by atoms with E-state index in [1.165, 1.54) is 0 Å². The van der Waals surface area contributed by atoms with E-state index in [4.69, 9.17) is 16.3 Å². The van der Waals surface area contributed by atoms with Crippen molar-refractivity contribution in [3.8, 4) is 0 Å². The Bertz CT molecular complexity index is 381. The molecule has 1 rings (SSSR count). The van der Waals surface area contributed by atoms with E-state index in [9.17, 15) is 4.79 Å². The summed E-state index contributed by atoms with van der Waals surface area (Å²) in [6.45, 7) is 8.00. The molecule has 4 heteroatoms. The van der Waals surface area contributed by atoms with Gasteiger partial charge in [-0.05, 0) is 52.0 Å². The second-order valence-electron chi connectivity index (χ2n) is 4.70. The number of hydrogen-bond donors (Lipinski definition) is 0. The van der Waals surface area contributed by atoms with Crippen LogP contribution in [-0.4, -0.2) is 18.2 Å². The molecule has 0 heterocycles. The van der Waals surface area contributed by atoms with E-state index < -0.39 is 5.60 Å². The minimum Gasteiger partial charge on any atom is -0.443 e. The van der Waals surface area contributed by atoms with Crippen LogP contribution < -0.4 is 4.90 Å². The van der Waals surface area contributed by atoms with Crippen LogP contribution in [0.25, 0.3) is 0 Å². The van der Waals surface area contributed by atoms with Crippen LogP contribution in [0.3, 0.4) is 0 Å². The number of nitrogens with zero attached hydrogens (tertiary/aromatic N) is 1. The van der Waals surface area contributed by atoms with Crippen molar-refractivity contribution in [2.75, 3.05) is 11.4 Å². The molecule has 0 N–H and O–H groups in total. The van der Waals surface area contributed by atoms with Gasteiger partial charge in [-0.1, -0.05) is 11.6 Å². The summed E-state index contributed by atoms with van der Waals surface area (Å²) in [5.74, 6) is 0. The summed E-state index contributed by atoms with van der Waals surface area (Å²) in [5.41, 5.74) is 0.294. The zero-order valence-electron chi connectivity index (χ0n) is 10.7. The minimum atomic E-state index is -0.489. The van der Waals surface area contributed by atoms with Crippen molar-refractivity contribution in [2.45, 2.75) is 33.3 Å². The highest BCUT2D eigenvalue weighted by atomic mass is 35.5. The van der Waals surface area contributed by atoms with Gasteiger partial charge >= 0.3 is 6.09 Å². The molecule has 1 aromatic rings. The summed E-state index contributed by atoms with van der Waals surface area (Å²) in [7, 11) is 0.